The summed E-state index contributed by atoms with van der Waals surface area (Å²) in [6, 6.07) is 7.75. The van der Waals surface area contributed by atoms with E-state index in [1.807, 2.05) is 29.2 Å². The highest BCUT2D eigenvalue weighted by Gasteiger charge is 2.46. The van der Waals surface area contributed by atoms with Crippen molar-refractivity contribution in [3.05, 3.63) is 59.7 Å². The molecule has 0 spiro atoms. The fraction of sp³-hybridized carbons (Fsp3) is 0.476. The Bertz CT molecular complexity index is 766. The summed E-state index contributed by atoms with van der Waals surface area (Å²) in [6.45, 7) is 3.83. The Morgan fingerprint density at radius 3 is 2.89 bits per heavy atom. The van der Waals surface area contributed by atoms with Gasteiger partial charge in [0.1, 0.15) is 12.2 Å². The van der Waals surface area contributed by atoms with Gasteiger partial charge >= 0.3 is 0 Å². The summed E-state index contributed by atoms with van der Waals surface area (Å²) in [5.74, 6) is 0.0145. The first-order valence-electron chi connectivity index (χ1n) is 9.64. The molecule has 2 aliphatic rings. The van der Waals surface area contributed by atoms with E-state index in [9.17, 15) is 4.79 Å². The van der Waals surface area contributed by atoms with E-state index in [0.717, 1.165) is 37.1 Å². The molecule has 0 saturated carbocycles. The van der Waals surface area contributed by atoms with Crippen LogP contribution in [0.1, 0.15) is 41.4 Å². The Labute approximate surface area is 159 Å². The Morgan fingerprint density at radius 1 is 1.30 bits per heavy atom. The molecule has 142 valence electrons. The molecular weight excluding hydrogens is 342 g/mol. The summed E-state index contributed by atoms with van der Waals surface area (Å²) in [7, 11) is 0. The fourth-order valence-corrected chi connectivity index (χ4v) is 3.90. The van der Waals surface area contributed by atoms with Crippen LogP contribution in [0.4, 0.5) is 0 Å². The molecule has 4 rings (SSSR count). The number of ether oxygens (including phenoxy) is 2. The van der Waals surface area contributed by atoms with E-state index in [1.54, 1.807) is 18.6 Å². The number of likely N-dealkylation sites (tertiary alicyclic amines) is 1. The van der Waals surface area contributed by atoms with Gasteiger partial charge in [-0.3, -0.25) is 14.8 Å². The molecule has 0 radical (unpaired) electrons. The first-order chi connectivity index (χ1) is 13.3. The minimum atomic E-state index is -0.115. The highest BCUT2D eigenvalue weighted by Crippen LogP contribution is 2.32. The van der Waals surface area contributed by atoms with Crippen molar-refractivity contribution in [2.75, 3.05) is 13.2 Å². The molecule has 0 unspecified atom stereocenters. The van der Waals surface area contributed by atoms with Crippen LogP contribution < -0.4 is 0 Å². The molecule has 2 saturated heterocycles. The van der Waals surface area contributed by atoms with E-state index in [0.29, 0.717) is 18.7 Å². The van der Waals surface area contributed by atoms with Crippen LogP contribution in [0, 0.1) is 0 Å². The minimum Gasteiger partial charge on any atom is -0.373 e. The molecular formula is C21H25N3O3. The predicted molar refractivity (Wildman–Crippen MR) is 100 cm³/mol. The first-order valence-corrected chi connectivity index (χ1v) is 9.64. The molecule has 0 N–H and O–H groups in total. The van der Waals surface area contributed by atoms with Crippen molar-refractivity contribution < 1.29 is 14.3 Å². The summed E-state index contributed by atoms with van der Waals surface area (Å²) in [5.41, 5.74) is 2.69. The number of hydrogen-bond donors (Lipinski definition) is 0. The van der Waals surface area contributed by atoms with Gasteiger partial charge in [-0.1, -0.05) is 6.92 Å². The molecule has 4 heterocycles. The van der Waals surface area contributed by atoms with Crippen LogP contribution in [0.25, 0.3) is 0 Å². The topological polar surface area (TPSA) is 64.6 Å². The molecule has 0 aliphatic carbocycles. The largest absolute Gasteiger partial charge is 0.373 e. The Morgan fingerprint density at radius 2 is 2.15 bits per heavy atom. The van der Waals surface area contributed by atoms with Gasteiger partial charge in [0.05, 0.1) is 24.8 Å². The van der Waals surface area contributed by atoms with Crippen LogP contribution in [0.5, 0.6) is 0 Å². The summed E-state index contributed by atoms with van der Waals surface area (Å²) >= 11 is 0. The second-order valence-electron chi connectivity index (χ2n) is 7.10. The zero-order chi connectivity index (χ0) is 18.6. The average molecular weight is 367 g/mol. The third-order valence-electron chi connectivity index (χ3n) is 5.39. The molecule has 2 aromatic heterocycles. The smallest absolute Gasteiger partial charge is 0.255 e. The standard InChI is InChI=1S/C21H25N3O3/c1-2-17-6-5-16(12-23-17)21(25)24-13-19(20-18(24)4-3-11-26-20)27-14-15-7-9-22-10-8-15/h5-10,12,18-20H,2-4,11,13-14H2,1H3/t18-,19+,20+/m1/s1. The molecule has 2 fully saturated rings. The highest BCUT2D eigenvalue weighted by molar-refractivity contribution is 5.94. The van der Waals surface area contributed by atoms with Crippen LogP contribution >= 0.6 is 0 Å². The molecule has 0 bridgehead atoms. The Balaban J connectivity index is 1.48. The number of hydrogen-bond acceptors (Lipinski definition) is 5. The quantitative estimate of drug-likeness (QED) is 0.813. The lowest BCUT2D eigenvalue weighted by molar-refractivity contribution is -0.0809. The summed E-state index contributed by atoms with van der Waals surface area (Å²) < 4.78 is 12.2. The van der Waals surface area contributed by atoms with Crippen molar-refractivity contribution in [3.8, 4) is 0 Å². The fourth-order valence-electron chi connectivity index (χ4n) is 3.90. The molecule has 3 atom stereocenters. The van der Waals surface area contributed by atoms with Crippen LogP contribution in [-0.2, 0) is 22.5 Å². The van der Waals surface area contributed by atoms with Crippen molar-refractivity contribution in [1.29, 1.82) is 0 Å². The Hall–Kier alpha value is -2.31. The lowest BCUT2D eigenvalue weighted by atomic mass is 10.0. The van der Waals surface area contributed by atoms with Gasteiger partial charge in [-0.25, -0.2) is 0 Å². The van der Waals surface area contributed by atoms with Gasteiger partial charge < -0.3 is 14.4 Å². The van der Waals surface area contributed by atoms with Crippen LogP contribution in [-0.4, -0.2) is 52.2 Å². The van der Waals surface area contributed by atoms with Crippen LogP contribution in [0.3, 0.4) is 0 Å². The molecule has 1 amide bonds. The van der Waals surface area contributed by atoms with Crippen molar-refractivity contribution in [3.63, 3.8) is 0 Å². The highest BCUT2D eigenvalue weighted by atomic mass is 16.5. The number of carbonyl (C=O) groups is 1. The average Bonchev–Trinajstić information content (AvgIpc) is 3.11. The van der Waals surface area contributed by atoms with Gasteiger partial charge in [0, 0.05) is 30.9 Å². The van der Waals surface area contributed by atoms with E-state index in [1.165, 1.54) is 0 Å². The zero-order valence-corrected chi connectivity index (χ0v) is 15.6. The predicted octanol–water partition coefficient (Wildman–Crippen LogP) is 2.63. The molecule has 6 nitrogen and oxygen atoms in total. The van der Waals surface area contributed by atoms with Gasteiger partial charge in [-0.05, 0) is 49.1 Å². The number of amides is 1. The SMILES string of the molecule is CCc1ccc(C(=O)N2C[C@H](OCc3ccncc3)[C@H]3OCCC[C@H]32)cn1. The number of fused-ring (bicyclic) bond motifs is 1. The van der Waals surface area contributed by atoms with Gasteiger partial charge in [-0.15, -0.1) is 0 Å². The zero-order valence-electron chi connectivity index (χ0n) is 15.6. The normalized spacial score (nSPS) is 24.6. The maximum atomic E-state index is 13.1. The molecule has 27 heavy (non-hydrogen) atoms. The maximum Gasteiger partial charge on any atom is 0.255 e. The van der Waals surface area contributed by atoms with Crippen molar-refractivity contribution in [2.45, 2.75) is 51.0 Å². The van der Waals surface area contributed by atoms with Gasteiger partial charge in [0.15, 0.2) is 0 Å². The van der Waals surface area contributed by atoms with E-state index < -0.39 is 0 Å². The number of rotatable bonds is 5. The van der Waals surface area contributed by atoms with E-state index >= 15 is 0 Å². The molecule has 6 heteroatoms. The van der Waals surface area contributed by atoms with Gasteiger partial charge in [0.25, 0.3) is 5.91 Å². The lowest BCUT2D eigenvalue weighted by Gasteiger charge is -2.32. The monoisotopic (exact) mass is 367 g/mol. The number of aromatic nitrogens is 2. The molecule has 2 aliphatic heterocycles. The van der Waals surface area contributed by atoms with E-state index in [2.05, 4.69) is 16.9 Å². The third kappa shape index (κ3) is 3.87. The van der Waals surface area contributed by atoms with Crippen LogP contribution in [0.15, 0.2) is 42.9 Å². The first kappa shape index (κ1) is 18.1. The van der Waals surface area contributed by atoms with Crippen molar-refractivity contribution in [2.24, 2.45) is 0 Å². The van der Waals surface area contributed by atoms with Crippen molar-refractivity contribution in [1.82, 2.24) is 14.9 Å². The maximum absolute atomic E-state index is 13.1. The summed E-state index contributed by atoms with van der Waals surface area (Å²) in [4.78, 5) is 23.4. The van der Waals surface area contributed by atoms with Gasteiger partial charge in [0.2, 0.25) is 0 Å². The second kappa shape index (κ2) is 8.15. The third-order valence-corrected chi connectivity index (χ3v) is 5.39. The second-order valence-corrected chi connectivity index (χ2v) is 7.10. The molecule has 2 aromatic rings. The molecule has 0 aromatic carbocycles. The summed E-state index contributed by atoms with van der Waals surface area (Å²) in [6.07, 6.45) is 7.81. The van der Waals surface area contributed by atoms with Crippen molar-refractivity contribution >= 4 is 5.91 Å². The number of aryl methyl sites for hydroxylation is 1. The number of nitrogens with zero attached hydrogens (tertiary/aromatic N) is 3. The number of pyridine rings is 2. The Kier molecular flexibility index (Phi) is 5.45. The number of carbonyl (C=O) groups excluding carboxylic acids is 1. The van der Waals surface area contributed by atoms with E-state index in [-0.39, 0.29) is 24.2 Å². The minimum absolute atomic E-state index is 0.0145. The van der Waals surface area contributed by atoms with E-state index in [4.69, 9.17) is 9.47 Å². The summed E-state index contributed by atoms with van der Waals surface area (Å²) in [5, 5.41) is 0. The van der Waals surface area contributed by atoms with Gasteiger partial charge in [-0.2, -0.15) is 0 Å². The van der Waals surface area contributed by atoms with Crippen LogP contribution in [0.2, 0.25) is 0 Å². The lowest BCUT2D eigenvalue weighted by Crippen LogP contribution is -2.43.